The second-order valence-corrected chi connectivity index (χ2v) is 9.99. The molecule has 1 atom stereocenters. The number of halogens is 2. The summed E-state index contributed by atoms with van der Waals surface area (Å²) in [6.07, 6.45) is 4.51. The molecule has 11 nitrogen and oxygen atoms in total. The molecule has 1 aromatic carbocycles. The highest BCUT2D eigenvalue weighted by molar-refractivity contribution is 5.87. The van der Waals surface area contributed by atoms with E-state index in [1.807, 2.05) is 43.0 Å². The number of ether oxygens (including phenoxy) is 1. The number of aromatic nitrogens is 1. The number of likely N-dealkylation sites (N-methyl/N-ethyl adjacent to an activating group) is 1. The van der Waals surface area contributed by atoms with E-state index < -0.39 is 30.8 Å². The molecule has 1 unspecified atom stereocenters. The molecule has 4 rings (SSSR count). The molecular weight excluding hydrogens is 572 g/mol. The highest BCUT2D eigenvalue weighted by Gasteiger charge is 2.46. The maximum Gasteiger partial charge on any atom is 0.268 e. The van der Waals surface area contributed by atoms with Crippen LogP contribution >= 0.6 is 0 Å². The van der Waals surface area contributed by atoms with Crippen LogP contribution in [0.5, 0.6) is 5.75 Å². The highest BCUT2D eigenvalue weighted by Crippen LogP contribution is 2.31. The van der Waals surface area contributed by atoms with Crippen LogP contribution in [0.4, 0.5) is 8.78 Å². The fourth-order valence-corrected chi connectivity index (χ4v) is 4.76. The molecule has 3 N–H and O–H groups in total. The number of aldehydes is 1. The van der Waals surface area contributed by atoms with Crippen LogP contribution < -0.4 is 15.8 Å². The average molecular weight is 616 g/mol. The zero-order chi connectivity index (χ0) is 32.5. The standard InChI is InChI=1S/C21H26N4O3.C8H11F2N3O.C2H6/c22-14-21(27)25-11-9-24(10-12-25)8-1-13-28-19-4-2-17(3-5-19)20-15-23-7-6-18(20)16-26;1-12-4-7(14)13-5-8(9,10)2-6(13)3-11;1-2/h2-7,15-16H,1,8-14,22H2;6,12H,2,4-5H2,1H3;1-2H3. The number of benzene rings is 1. The minimum Gasteiger partial charge on any atom is -0.494 e. The lowest BCUT2D eigenvalue weighted by Gasteiger charge is -2.34. The van der Waals surface area contributed by atoms with E-state index in [9.17, 15) is 23.2 Å². The van der Waals surface area contributed by atoms with Crippen molar-refractivity contribution in [1.82, 2.24) is 25.0 Å². The lowest BCUT2D eigenvalue weighted by atomic mass is 10.0. The van der Waals surface area contributed by atoms with Gasteiger partial charge in [0.25, 0.3) is 5.92 Å². The van der Waals surface area contributed by atoms with E-state index in [2.05, 4.69) is 15.2 Å². The molecule has 1 aromatic heterocycles. The maximum atomic E-state index is 12.9. The molecule has 0 bridgehead atoms. The van der Waals surface area contributed by atoms with Gasteiger partial charge in [-0.2, -0.15) is 5.26 Å². The van der Waals surface area contributed by atoms with Crippen LogP contribution in [-0.4, -0.2) is 116 Å². The topological polar surface area (TPSA) is 145 Å². The molecule has 2 amide bonds. The summed E-state index contributed by atoms with van der Waals surface area (Å²) >= 11 is 0. The predicted molar refractivity (Wildman–Crippen MR) is 163 cm³/mol. The van der Waals surface area contributed by atoms with Gasteiger partial charge in [0, 0.05) is 62.7 Å². The van der Waals surface area contributed by atoms with Gasteiger partial charge in [0.1, 0.15) is 11.8 Å². The molecule has 2 saturated heterocycles. The third-order valence-electron chi connectivity index (χ3n) is 7.00. The quantitative estimate of drug-likeness (QED) is 0.304. The Morgan fingerprint density at radius 3 is 2.43 bits per heavy atom. The first-order valence-electron chi connectivity index (χ1n) is 14.8. The number of carbonyl (C=O) groups excluding carboxylic acids is 3. The first-order chi connectivity index (χ1) is 21.2. The molecule has 2 aliphatic heterocycles. The molecular formula is C31H43F2N7O4. The van der Waals surface area contributed by atoms with Gasteiger partial charge in [0.05, 0.1) is 32.3 Å². The number of nitrogens with one attached hydrogen (secondary N) is 1. The van der Waals surface area contributed by atoms with E-state index in [0.717, 1.165) is 67.2 Å². The maximum absolute atomic E-state index is 12.9. The minimum atomic E-state index is -2.93. The van der Waals surface area contributed by atoms with Crippen LogP contribution in [0, 0.1) is 11.3 Å². The fraction of sp³-hybridized carbons (Fsp3) is 0.516. The Morgan fingerprint density at radius 2 is 1.84 bits per heavy atom. The minimum absolute atomic E-state index is 0.0196. The van der Waals surface area contributed by atoms with Crippen molar-refractivity contribution in [3.63, 3.8) is 0 Å². The number of likely N-dealkylation sites (tertiary alicyclic amines) is 1. The summed E-state index contributed by atoms with van der Waals surface area (Å²) < 4.78 is 31.6. The second-order valence-electron chi connectivity index (χ2n) is 9.99. The number of piperazine rings is 1. The molecule has 0 aliphatic carbocycles. The molecule has 13 heteroatoms. The van der Waals surface area contributed by atoms with E-state index in [1.165, 1.54) is 0 Å². The lowest BCUT2D eigenvalue weighted by Crippen LogP contribution is -2.50. The van der Waals surface area contributed by atoms with Gasteiger partial charge in [-0.3, -0.25) is 24.3 Å². The van der Waals surface area contributed by atoms with Crippen LogP contribution in [0.3, 0.4) is 0 Å². The van der Waals surface area contributed by atoms with Crippen LogP contribution in [0.15, 0.2) is 42.7 Å². The van der Waals surface area contributed by atoms with Gasteiger partial charge in [-0.25, -0.2) is 8.78 Å². The summed E-state index contributed by atoms with van der Waals surface area (Å²) in [5.41, 5.74) is 7.78. The second kappa shape index (κ2) is 18.6. The SMILES string of the molecule is CC.CNCC(=O)N1CC(F)(F)CC1C#N.NCC(=O)N1CCN(CCCOc2ccc(-c3cnccc3C=O)cc2)CC1. The van der Waals surface area contributed by atoms with Gasteiger partial charge in [0.15, 0.2) is 6.29 Å². The number of amides is 2. The van der Waals surface area contributed by atoms with E-state index in [-0.39, 0.29) is 19.0 Å². The summed E-state index contributed by atoms with van der Waals surface area (Å²) in [6, 6.07) is 10.1. The summed E-state index contributed by atoms with van der Waals surface area (Å²) in [7, 11) is 1.55. The van der Waals surface area contributed by atoms with Gasteiger partial charge < -0.3 is 25.6 Å². The fourth-order valence-electron chi connectivity index (χ4n) is 4.76. The monoisotopic (exact) mass is 615 g/mol. The molecule has 240 valence electrons. The first-order valence-corrected chi connectivity index (χ1v) is 14.8. The van der Waals surface area contributed by atoms with Gasteiger partial charge in [0.2, 0.25) is 11.8 Å². The highest BCUT2D eigenvalue weighted by atomic mass is 19.3. The van der Waals surface area contributed by atoms with Crippen LogP contribution in [-0.2, 0) is 9.59 Å². The number of pyridine rings is 1. The van der Waals surface area contributed by atoms with Crippen molar-refractivity contribution >= 4 is 18.1 Å². The number of rotatable bonds is 10. The Bertz CT molecular complexity index is 1230. The van der Waals surface area contributed by atoms with Crippen LogP contribution in [0.2, 0.25) is 0 Å². The van der Waals surface area contributed by atoms with E-state index >= 15 is 0 Å². The number of nitriles is 1. The number of hydrogen-bond acceptors (Lipinski definition) is 9. The van der Waals surface area contributed by atoms with Crippen molar-refractivity contribution in [3.8, 4) is 22.9 Å². The lowest BCUT2D eigenvalue weighted by molar-refractivity contribution is -0.132. The first kappa shape index (κ1) is 36.2. The number of hydrogen-bond donors (Lipinski definition) is 2. The molecule has 3 heterocycles. The Labute approximate surface area is 257 Å². The molecule has 2 aromatic rings. The van der Waals surface area contributed by atoms with Crippen molar-refractivity contribution in [1.29, 1.82) is 5.26 Å². The van der Waals surface area contributed by atoms with Crippen molar-refractivity contribution in [3.05, 3.63) is 48.3 Å². The Balaban J connectivity index is 0.000000355. The van der Waals surface area contributed by atoms with Gasteiger partial charge in [-0.05, 0) is 37.2 Å². The number of nitrogens with two attached hydrogens (primary N) is 1. The van der Waals surface area contributed by atoms with E-state index in [4.69, 9.17) is 15.7 Å². The molecule has 0 saturated carbocycles. The van der Waals surface area contributed by atoms with Gasteiger partial charge in [-0.1, -0.05) is 26.0 Å². The Morgan fingerprint density at radius 1 is 1.16 bits per heavy atom. The zero-order valence-electron chi connectivity index (χ0n) is 25.7. The van der Waals surface area contributed by atoms with Crippen molar-refractivity contribution in [2.45, 2.75) is 38.7 Å². The van der Waals surface area contributed by atoms with E-state index in [1.54, 1.807) is 31.6 Å². The summed E-state index contributed by atoms with van der Waals surface area (Å²) in [5, 5.41) is 11.2. The van der Waals surface area contributed by atoms with Gasteiger partial charge in [-0.15, -0.1) is 0 Å². The van der Waals surface area contributed by atoms with Gasteiger partial charge >= 0.3 is 0 Å². The number of alkyl halides is 2. The molecule has 2 aliphatic rings. The zero-order valence-corrected chi connectivity index (χ0v) is 25.7. The molecule has 0 spiro atoms. The predicted octanol–water partition coefficient (Wildman–Crippen LogP) is 2.42. The van der Waals surface area contributed by atoms with Crippen LogP contribution in [0.1, 0.15) is 37.0 Å². The Kier molecular flexibility index (Phi) is 15.3. The number of nitrogens with zero attached hydrogens (tertiary/aromatic N) is 5. The van der Waals surface area contributed by atoms with Crippen molar-refractivity contribution < 1.29 is 27.9 Å². The van der Waals surface area contributed by atoms with Crippen molar-refractivity contribution in [2.75, 3.05) is 66.0 Å². The molecule has 44 heavy (non-hydrogen) atoms. The third kappa shape index (κ3) is 10.9. The Hall–Kier alpha value is -3.99. The summed E-state index contributed by atoms with van der Waals surface area (Å²) in [5.74, 6) is -2.56. The smallest absolute Gasteiger partial charge is 0.268 e. The summed E-state index contributed by atoms with van der Waals surface area (Å²) in [6.45, 7) is 8.25. The largest absolute Gasteiger partial charge is 0.494 e. The normalized spacial score (nSPS) is 17.3. The average Bonchev–Trinajstić information content (AvgIpc) is 3.39. The van der Waals surface area contributed by atoms with Crippen LogP contribution in [0.25, 0.3) is 11.1 Å². The summed E-state index contributed by atoms with van der Waals surface area (Å²) in [4.78, 5) is 43.2. The molecule has 2 fully saturated rings. The van der Waals surface area contributed by atoms with E-state index in [0.29, 0.717) is 12.2 Å². The van der Waals surface area contributed by atoms with Crippen molar-refractivity contribution in [2.24, 2.45) is 5.73 Å². The number of carbonyl (C=O) groups is 3. The third-order valence-corrected chi connectivity index (χ3v) is 7.00. The molecule has 0 radical (unpaired) electrons.